The highest BCUT2D eigenvalue weighted by atomic mass is 32.2. The number of aryl methyl sites for hydroxylation is 1. The molecule has 1 aliphatic rings. The Bertz CT molecular complexity index is 1390. The highest BCUT2D eigenvalue weighted by Gasteiger charge is 2.38. The van der Waals surface area contributed by atoms with Gasteiger partial charge in [0.15, 0.2) is 5.03 Å². The molecule has 39 heavy (non-hydrogen) atoms. The number of carbonyl (C=O) groups is 1. The summed E-state index contributed by atoms with van der Waals surface area (Å²) in [5.74, 6) is -3.84. The number of aromatic nitrogens is 2. The third kappa shape index (κ3) is 8.45. The van der Waals surface area contributed by atoms with Crippen molar-refractivity contribution < 1.29 is 35.9 Å². The van der Waals surface area contributed by atoms with Gasteiger partial charge >= 0.3 is 12.1 Å². The third-order valence-corrected chi connectivity index (χ3v) is 7.69. The summed E-state index contributed by atoms with van der Waals surface area (Å²) in [6, 6.07) is 16.5. The largest absolute Gasteiger partial charge is 0.490 e. The Balaban J connectivity index is 0.000000532. The van der Waals surface area contributed by atoms with Crippen molar-refractivity contribution in [3.63, 3.8) is 0 Å². The number of anilines is 1. The van der Waals surface area contributed by atoms with Gasteiger partial charge < -0.3 is 10.0 Å². The molecule has 1 aliphatic heterocycles. The summed E-state index contributed by atoms with van der Waals surface area (Å²) in [7, 11) is -1.69. The van der Waals surface area contributed by atoms with Gasteiger partial charge in [0.05, 0.1) is 23.3 Å². The number of likely N-dealkylation sites (N-methyl/N-ethyl adjacent to an activating group) is 1. The summed E-state index contributed by atoms with van der Waals surface area (Å²) in [6.45, 7) is 4.77. The first-order chi connectivity index (χ1) is 18.3. The number of rotatable bonds is 7. The number of nitrogens with zero attached hydrogens (tertiary/aromatic N) is 4. The summed E-state index contributed by atoms with van der Waals surface area (Å²) in [5.41, 5.74) is 3.22. The summed E-state index contributed by atoms with van der Waals surface area (Å²) in [5, 5.41) is 7.11. The number of carboxylic acids is 1. The van der Waals surface area contributed by atoms with Gasteiger partial charge in [0.25, 0.3) is 0 Å². The minimum Gasteiger partial charge on any atom is -0.475 e. The lowest BCUT2D eigenvalue weighted by Gasteiger charge is -2.28. The number of pyridine rings is 2. The lowest BCUT2D eigenvalue weighted by Crippen LogP contribution is -2.35. The normalized spacial score (nSPS) is 15.9. The Morgan fingerprint density at radius 1 is 1.15 bits per heavy atom. The quantitative estimate of drug-likeness (QED) is 0.334. The predicted molar refractivity (Wildman–Crippen MR) is 136 cm³/mol. The van der Waals surface area contributed by atoms with Crippen LogP contribution in [-0.4, -0.2) is 66.7 Å². The zero-order valence-electron chi connectivity index (χ0n) is 21.3. The van der Waals surface area contributed by atoms with E-state index in [1.807, 2.05) is 20.0 Å². The fourth-order valence-corrected chi connectivity index (χ4v) is 5.44. The van der Waals surface area contributed by atoms with Crippen molar-refractivity contribution in [2.45, 2.75) is 42.9 Å². The van der Waals surface area contributed by atoms with Crippen LogP contribution in [0.2, 0.25) is 0 Å². The second-order valence-corrected chi connectivity index (χ2v) is 11.0. The van der Waals surface area contributed by atoms with Crippen molar-refractivity contribution in [1.82, 2.24) is 14.9 Å². The van der Waals surface area contributed by atoms with Crippen molar-refractivity contribution in [2.24, 2.45) is 0 Å². The molecule has 0 unspecified atom stereocenters. The van der Waals surface area contributed by atoms with E-state index in [0.717, 1.165) is 37.3 Å². The number of carboxylic acid groups (broad SMARTS) is 1. The molecular weight excluding hydrogens is 540 g/mol. The molecule has 3 aromatic rings. The maximum Gasteiger partial charge on any atom is 0.490 e. The minimum absolute atomic E-state index is 0.0182. The van der Waals surface area contributed by atoms with E-state index in [0.29, 0.717) is 6.04 Å². The molecule has 1 saturated heterocycles. The molecule has 2 aromatic heterocycles. The smallest absolute Gasteiger partial charge is 0.475 e. The Morgan fingerprint density at radius 3 is 2.41 bits per heavy atom. The van der Waals surface area contributed by atoms with Crippen LogP contribution in [0.25, 0.3) is 0 Å². The predicted octanol–water partition coefficient (Wildman–Crippen LogP) is 4.24. The SMILES string of the molecule is Cc1cc(S(=O)(=O)Cc2cccc(F)n2)ncc1N(C)[C@H]1CCN(Cc2ccccc2)C1.O=C(O)C(F)(F)F. The summed E-state index contributed by atoms with van der Waals surface area (Å²) in [4.78, 5) is 21.4. The van der Waals surface area contributed by atoms with E-state index in [-0.39, 0.29) is 16.5 Å². The zero-order chi connectivity index (χ0) is 28.8. The molecule has 1 atom stereocenters. The average Bonchev–Trinajstić information content (AvgIpc) is 3.32. The molecule has 1 N–H and O–H groups in total. The molecule has 0 aliphatic carbocycles. The maximum atomic E-state index is 13.3. The van der Waals surface area contributed by atoms with Gasteiger partial charge in [-0.1, -0.05) is 36.4 Å². The molecule has 1 fully saturated rings. The summed E-state index contributed by atoms with van der Waals surface area (Å²) < 4.78 is 70.6. The van der Waals surface area contributed by atoms with Gasteiger partial charge in [-0.05, 0) is 42.7 Å². The van der Waals surface area contributed by atoms with E-state index in [1.54, 1.807) is 12.3 Å². The molecule has 0 saturated carbocycles. The number of alkyl halides is 3. The highest BCUT2D eigenvalue weighted by Crippen LogP contribution is 2.27. The third-order valence-electron chi connectivity index (χ3n) is 6.15. The van der Waals surface area contributed by atoms with Gasteiger partial charge in [-0.25, -0.2) is 23.2 Å². The summed E-state index contributed by atoms with van der Waals surface area (Å²) in [6.07, 6.45) is -2.42. The molecular formula is C26H28F4N4O4S. The molecule has 4 rings (SSSR count). The fourth-order valence-electron chi connectivity index (χ4n) is 4.17. The van der Waals surface area contributed by atoms with E-state index < -0.39 is 27.9 Å². The maximum absolute atomic E-state index is 13.3. The second kappa shape index (κ2) is 12.5. The standard InChI is InChI=1S/C24H27FN4O2S.C2HF3O2/c1-18-13-24(32(30,31)17-20-9-6-10-23(25)27-20)26-14-22(18)28(2)21-11-12-29(16-21)15-19-7-4-3-5-8-19;3-2(4,5)1(6)7/h3-10,13-14,21H,11-12,15-17H2,1-2H3;(H,6,7)/t21-;/m0./s1. The minimum atomic E-state index is -5.08. The number of benzene rings is 1. The Hall–Kier alpha value is -3.58. The van der Waals surface area contributed by atoms with Gasteiger partial charge in [-0.2, -0.15) is 17.6 Å². The first kappa shape index (κ1) is 30.0. The first-order valence-electron chi connectivity index (χ1n) is 11.9. The number of sulfone groups is 1. The van der Waals surface area contributed by atoms with Crippen LogP contribution in [0.3, 0.4) is 0 Å². The Kier molecular flexibility index (Phi) is 9.62. The first-order valence-corrected chi connectivity index (χ1v) is 13.5. The van der Waals surface area contributed by atoms with E-state index in [2.05, 4.69) is 44.0 Å². The highest BCUT2D eigenvalue weighted by molar-refractivity contribution is 7.90. The molecule has 8 nitrogen and oxygen atoms in total. The van der Waals surface area contributed by atoms with Crippen molar-refractivity contribution in [2.75, 3.05) is 25.0 Å². The number of hydrogen-bond acceptors (Lipinski definition) is 7. The Labute approximate surface area is 223 Å². The molecule has 0 amide bonds. The summed E-state index contributed by atoms with van der Waals surface area (Å²) >= 11 is 0. The van der Waals surface area contributed by atoms with Crippen LogP contribution in [0.4, 0.5) is 23.2 Å². The fraction of sp³-hybridized carbons (Fsp3) is 0.346. The van der Waals surface area contributed by atoms with E-state index in [4.69, 9.17) is 9.90 Å². The van der Waals surface area contributed by atoms with Crippen LogP contribution in [0.5, 0.6) is 0 Å². The van der Waals surface area contributed by atoms with Crippen molar-refractivity contribution in [3.8, 4) is 0 Å². The molecule has 210 valence electrons. The second-order valence-electron chi connectivity index (χ2n) is 9.10. The lowest BCUT2D eigenvalue weighted by molar-refractivity contribution is -0.192. The van der Waals surface area contributed by atoms with Crippen molar-refractivity contribution >= 4 is 21.5 Å². The zero-order valence-corrected chi connectivity index (χ0v) is 22.1. The topological polar surface area (TPSA) is 104 Å². The van der Waals surface area contributed by atoms with Crippen LogP contribution in [-0.2, 0) is 26.9 Å². The molecule has 0 radical (unpaired) electrons. The van der Waals surface area contributed by atoms with Crippen molar-refractivity contribution in [1.29, 1.82) is 0 Å². The van der Waals surface area contributed by atoms with Gasteiger partial charge in [-0.15, -0.1) is 0 Å². The van der Waals surface area contributed by atoms with Gasteiger partial charge in [-0.3, -0.25) is 4.90 Å². The molecule has 13 heteroatoms. The monoisotopic (exact) mass is 568 g/mol. The Morgan fingerprint density at radius 2 is 1.82 bits per heavy atom. The van der Waals surface area contributed by atoms with Crippen LogP contribution < -0.4 is 4.90 Å². The number of hydrogen-bond donors (Lipinski definition) is 1. The number of likely N-dealkylation sites (tertiary alicyclic amines) is 1. The molecule has 1 aromatic carbocycles. The van der Waals surface area contributed by atoms with Gasteiger partial charge in [0.1, 0.15) is 0 Å². The van der Waals surface area contributed by atoms with Crippen LogP contribution >= 0.6 is 0 Å². The van der Waals surface area contributed by atoms with E-state index in [9.17, 15) is 26.0 Å². The molecule has 3 heterocycles. The van der Waals surface area contributed by atoms with Gasteiger partial charge in [0.2, 0.25) is 15.8 Å². The average molecular weight is 569 g/mol. The van der Waals surface area contributed by atoms with Crippen molar-refractivity contribution in [3.05, 3.63) is 83.6 Å². The van der Waals surface area contributed by atoms with Gasteiger partial charge in [0, 0.05) is 32.7 Å². The van der Waals surface area contributed by atoms with Crippen LogP contribution in [0.15, 0.2) is 65.8 Å². The molecule has 0 spiro atoms. The number of aliphatic carboxylic acids is 1. The molecule has 0 bridgehead atoms. The number of halogens is 4. The van der Waals surface area contributed by atoms with E-state index in [1.165, 1.54) is 23.8 Å². The lowest BCUT2D eigenvalue weighted by atomic mass is 10.1. The van der Waals surface area contributed by atoms with E-state index >= 15 is 0 Å². The van der Waals surface area contributed by atoms with Crippen LogP contribution in [0, 0.1) is 12.9 Å². The van der Waals surface area contributed by atoms with Crippen LogP contribution in [0.1, 0.15) is 23.2 Å².